The van der Waals surface area contributed by atoms with Gasteiger partial charge in [-0.05, 0) is 35.9 Å². The van der Waals surface area contributed by atoms with Crippen LogP contribution in [0.15, 0.2) is 46.9 Å². The molecule has 0 radical (unpaired) electrons. The van der Waals surface area contributed by atoms with Crippen molar-refractivity contribution < 1.29 is 13.9 Å². The highest BCUT2D eigenvalue weighted by atomic mass is 79.9. The third kappa shape index (κ3) is 3.08. The van der Waals surface area contributed by atoms with Crippen LogP contribution in [0, 0.1) is 5.82 Å². The normalized spacial score (nSPS) is 14.4. The van der Waals surface area contributed by atoms with Gasteiger partial charge in [0.15, 0.2) is 0 Å². The van der Waals surface area contributed by atoms with E-state index in [0.29, 0.717) is 29.8 Å². The molecule has 0 aliphatic carbocycles. The lowest BCUT2D eigenvalue weighted by atomic mass is 10.1. The molecule has 0 saturated heterocycles. The van der Waals surface area contributed by atoms with Crippen LogP contribution in [0.25, 0.3) is 0 Å². The predicted octanol–water partition coefficient (Wildman–Crippen LogP) is 3.90. The molecule has 1 aliphatic heterocycles. The summed E-state index contributed by atoms with van der Waals surface area (Å²) in [5.74, 6) is 0.324. The van der Waals surface area contributed by atoms with Crippen molar-refractivity contribution >= 4 is 27.5 Å². The zero-order chi connectivity index (χ0) is 14.8. The smallest absolute Gasteiger partial charge is 0.230 e. The summed E-state index contributed by atoms with van der Waals surface area (Å²) < 4.78 is 19.7. The molecule has 21 heavy (non-hydrogen) atoms. The van der Waals surface area contributed by atoms with Gasteiger partial charge in [-0.15, -0.1) is 0 Å². The number of anilines is 1. The second-order valence-corrected chi connectivity index (χ2v) is 5.74. The van der Waals surface area contributed by atoms with Gasteiger partial charge in [0.05, 0.1) is 25.3 Å². The van der Waals surface area contributed by atoms with Crippen LogP contribution in [0.3, 0.4) is 0 Å². The summed E-state index contributed by atoms with van der Waals surface area (Å²) in [5.41, 5.74) is 1.45. The van der Waals surface area contributed by atoms with Gasteiger partial charge in [-0.25, -0.2) is 4.39 Å². The molecule has 3 nitrogen and oxygen atoms in total. The number of carbonyl (C=O) groups excluding carboxylic acids is 1. The van der Waals surface area contributed by atoms with Gasteiger partial charge in [-0.3, -0.25) is 4.79 Å². The number of fused-ring (bicyclic) bond motifs is 1. The number of hydrogen-bond donors (Lipinski definition) is 0. The van der Waals surface area contributed by atoms with Crippen molar-refractivity contribution in [2.24, 2.45) is 0 Å². The van der Waals surface area contributed by atoms with Crippen LogP contribution in [0.5, 0.6) is 5.75 Å². The number of nitrogens with zero attached hydrogens (tertiary/aromatic N) is 1. The summed E-state index contributed by atoms with van der Waals surface area (Å²) in [7, 11) is 0. The van der Waals surface area contributed by atoms with Gasteiger partial charge in [0.2, 0.25) is 5.91 Å². The summed E-state index contributed by atoms with van der Waals surface area (Å²) in [6.07, 6.45) is 0.311. The minimum Gasteiger partial charge on any atom is -0.491 e. The minimum absolute atomic E-state index is 0.0275. The lowest BCUT2D eigenvalue weighted by Crippen LogP contribution is -2.29. The van der Waals surface area contributed by atoms with Gasteiger partial charge in [0.25, 0.3) is 0 Å². The van der Waals surface area contributed by atoms with E-state index in [-0.39, 0.29) is 11.7 Å². The highest BCUT2D eigenvalue weighted by Gasteiger charge is 2.23. The van der Waals surface area contributed by atoms with Gasteiger partial charge in [0, 0.05) is 4.47 Å². The fourth-order valence-corrected chi connectivity index (χ4v) is 2.89. The molecular weight excluding hydrogens is 337 g/mol. The first-order valence-electron chi connectivity index (χ1n) is 6.60. The van der Waals surface area contributed by atoms with E-state index in [1.165, 1.54) is 12.1 Å². The van der Waals surface area contributed by atoms with E-state index >= 15 is 0 Å². The Hall–Kier alpha value is -1.88. The maximum Gasteiger partial charge on any atom is 0.230 e. The zero-order valence-electron chi connectivity index (χ0n) is 11.2. The summed E-state index contributed by atoms with van der Waals surface area (Å²) in [6.45, 7) is 0.675. The number of benzene rings is 2. The van der Waals surface area contributed by atoms with Crippen LogP contribution in [-0.4, -0.2) is 12.5 Å². The van der Waals surface area contributed by atoms with Gasteiger partial charge in [-0.1, -0.05) is 28.1 Å². The average Bonchev–Trinajstić information content (AvgIpc) is 2.58. The Morgan fingerprint density at radius 2 is 2.05 bits per heavy atom. The highest BCUT2D eigenvalue weighted by molar-refractivity contribution is 9.10. The number of hydrogen-bond acceptors (Lipinski definition) is 2. The molecule has 5 heteroatoms. The Labute approximate surface area is 130 Å². The molecule has 0 atom stereocenters. The summed E-state index contributed by atoms with van der Waals surface area (Å²) in [5, 5.41) is 0. The second kappa shape index (κ2) is 5.85. The third-order valence-electron chi connectivity index (χ3n) is 3.29. The standard InChI is InChI=1S/C16H13BrFNO2/c17-12-7-11(8-13(18)9-12)10-19-14-3-1-2-4-15(14)21-6-5-16(19)20/h1-4,7-9H,5-6,10H2. The van der Waals surface area contributed by atoms with Gasteiger partial charge >= 0.3 is 0 Å². The molecule has 1 aliphatic rings. The van der Waals surface area contributed by atoms with Crippen molar-refractivity contribution in [3.05, 3.63) is 58.3 Å². The second-order valence-electron chi connectivity index (χ2n) is 4.82. The van der Waals surface area contributed by atoms with Crippen LogP contribution in [0.4, 0.5) is 10.1 Å². The molecule has 2 aromatic carbocycles. The third-order valence-corrected chi connectivity index (χ3v) is 3.75. The van der Waals surface area contributed by atoms with E-state index in [4.69, 9.17) is 4.74 Å². The topological polar surface area (TPSA) is 29.5 Å². The molecule has 2 aromatic rings. The van der Waals surface area contributed by atoms with Crippen molar-refractivity contribution in [2.75, 3.05) is 11.5 Å². The Balaban J connectivity index is 1.97. The molecule has 0 bridgehead atoms. The molecule has 3 rings (SSSR count). The predicted molar refractivity (Wildman–Crippen MR) is 81.8 cm³/mol. The number of para-hydroxylation sites is 2. The van der Waals surface area contributed by atoms with Crippen molar-refractivity contribution in [3.8, 4) is 5.75 Å². The lowest BCUT2D eigenvalue weighted by molar-refractivity contribution is -0.118. The van der Waals surface area contributed by atoms with E-state index in [2.05, 4.69) is 15.9 Å². The van der Waals surface area contributed by atoms with E-state index < -0.39 is 0 Å². The van der Waals surface area contributed by atoms with Gasteiger partial charge in [0.1, 0.15) is 11.6 Å². The molecule has 1 amide bonds. The maximum atomic E-state index is 13.5. The van der Waals surface area contributed by atoms with Crippen molar-refractivity contribution in [1.29, 1.82) is 0 Å². The summed E-state index contributed by atoms with van der Waals surface area (Å²) >= 11 is 3.27. The number of amides is 1. The summed E-state index contributed by atoms with van der Waals surface area (Å²) in [6, 6.07) is 12.0. The average molecular weight is 350 g/mol. The number of halogens is 2. The summed E-state index contributed by atoms with van der Waals surface area (Å²) in [4.78, 5) is 13.9. The number of ether oxygens (including phenoxy) is 1. The SMILES string of the molecule is O=C1CCOc2ccccc2N1Cc1cc(F)cc(Br)c1. The molecule has 0 aromatic heterocycles. The molecule has 108 valence electrons. The molecule has 0 fully saturated rings. The Bertz CT molecular complexity index is 669. The highest BCUT2D eigenvalue weighted by Crippen LogP contribution is 2.32. The van der Waals surface area contributed by atoms with E-state index in [0.717, 1.165) is 11.3 Å². The lowest BCUT2D eigenvalue weighted by Gasteiger charge is -2.22. The Kier molecular flexibility index (Phi) is 3.92. The minimum atomic E-state index is -0.328. The van der Waals surface area contributed by atoms with E-state index in [1.807, 2.05) is 30.3 Å². The molecule has 0 N–H and O–H groups in total. The monoisotopic (exact) mass is 349 g/mol. The fourth-order valence-electron chi connectivity index (χ4n) is 2.38. The first-order valence-corrected chi connectivity index (χ1v) is 7.40. The van der Waals surface area contributed by atoms with Crippen LogP contribution in [0.1, 0.15) is 12.0 Å². The van der Waals surface area contributed by atoms with Crippen LogP contribution < -0.4 is 9.64 Å². The molecule has 0 unspecified atom stereocenters. The van der Waals surface area contributed by atoms with Crippen LogP contribution in [0.2, 0.25) is 0 Å². The van der Waals surface area contributed by atoms with Gasteiger partial charge in [-0.2, -0.15) is 0 Å². The maximum absolute atomic E-state index is 13.5. The zero-order valence-corrected chi connectivity index (χ0v) is 12.8. The number of rotatable bonds is 2. The van der Waals surface area contributed by atoms with Gasteiger partial charge < -0.3 is 9.64 Å². The quantitative estimate of drug-likeness (QED) is 0.822. The largest absolute Gasteiger partial charge is 0.491 e. The molecular formula is C16H13BrFNO2. The Morgan fingerprint density at radius 1 is 1.24 bits per heavy atom. The molecule has 0 saturated carbocycles. The van der Waals surface area contributed by atoms with Crippen LogP contribution in [-0.2, 0) is 11.3 Å². The van der Waals surface area contributed by atoms with Crippen molar-refractivity contribution in [3.63, 3.8) is 0 Å². The Morgan fingerprint density at radius 3 is 2.86 bits per heavy atom. The molecule has 1 heterocycles. The van der Waals surface area contributed by atoms with Crippen LogP contribution >= 0.6 is 15.9 Å². The first kappa shape index (κ1) is 14.1. The fraction of sp³-hybridized carbons (Fsp3) is 0.188. The van der Waals surface area contributed by atoms with E-state index in [9.17, 15) is 9.18 Å². The number of carbonyl (C=O) groups is 1. The first-order chi connectivity index (χ1) is 10.1. The van der Waals surface area contributed by atoms with E-state index in [1.54, 1.807) is 4.90 Å². The molecule has 0 spiro atoms. The van der Waals surface area contributed by atoms with Crippen molar-refractivity contribution in [1.82, 2.24) is 0 Å². The van der Waals surface area contributed by atoms with Crippen molar-refractivity contribution in [2.45, 2.75) is 13.0 Å².